The number of rotatable bonds is 10. The van der Waals surface area contributed by atoms with Gasteiger partial charge in [0.2, 0.25) is 10.0 Å². The average molecular weight is 435 g/mol. The van der Waals surface area contributed by atoms with Crippen molar-refractivity contribution in [3.05, 3.63) is 53.6 Å². The summed E-state index contributed by atoms with van der Waals surface area (Å²) in [6.07, 6.45) is 0. The monoisotopic (exact) mass is 434 g/mol. The molecule has 0 radical (unpaired) electrons. The molecule has 7 nitrogen and oxygen atoms in total. The van der Waals surface area contributed by atoms with Crippen molar-refractivity contribution >= 4 is 15.9 Å². The van der Waals surface area contributed by atoms with E-state index in [1.165, 1.54) is 12.1 Å². The number of amides is 1. The first-order valence-corrected chi connectivity index (χ1v) is 11.3. The number of carbonyl (C=O) groups is 1. The molecule has 0 fully saturated rings. The molecule has 1 amide bonds. The molecular formula is C22H30N2O5S. The lowest BCUT2D eigenvalue weighted by Crippen LogP contribution is -2.31. The maximum Gasteiger partial charge on any atom is 0.258 e. The molecule has 0 aromatic heterocycles. The highest BCUT2D eigenvalue weighted by atomic mass is 32.2. The van der Waals surface area contributed by atoms with Crippen LogP contribution in [-0.4, -0.2) is 34.6 Å². The van der Waals surface area contributed by atoms with Gasteiger partial charge in [-0.1, -0.05) is 26.0 Å². The van der Waals surface area contributed by atoms with Crippen molar-refractivity contribution < 1.29 is 22.7 Å². The minimum Gasteiger partial charge on any atom is -0.497 e. The second kappa shape index (κ2) is 10.4. The summed E-state index contributed by atoms with van der Waals surface area (Å²) >= 11 is 0. The molecule has 1 unspecified atom stereocenters. The molecule has 0 aliphatic heterocycles. The predicted octanol–water partition coefficient (Wildman–Crippen LogP) is 3.19. The van der Waals surface area contributed by atoms with Crippen LogP contribution in [0.4, 0.5) is 0 Å². The van der Waals surface area contributed by atoms with Crippen molar-refractivity contribution in [3.8, 4) is 11.5 Å². The summed E-state index contributed by atoms with van der Waals surface area (Å²) in [5, 5.41) is 2.88. The van der Waals surface area contributed by atoms with Crippen molar-refractivity contribution in [3.63, 3.8) is 0 Å². The first kappa shape index (κ1) is 23.7. The van der Waals surface area contributed by atoms with Crippen molar-refractivity contribution in [1.29, 1.82) is 0 Å². The first-order valence-electron chi connectivity index (χ1n) is 9.79. The van der Waals surface area contributed by atoms with Gasteiger partial charge in [0.25, 0.3) is 5.91 Å². The van der Waals surface area contributed by atoms with Gasteiger partial charge in [0, 0.05) is 6.54 Å². The second-order valence-electron chi connectivity index (χ2n) is 7.52. The van der Waals surface area contributed by atoms with Crippen LogP contribution in [0, 0.1) is 12.8 Å². The normalized spacial score (nSPS) is 12.5. The Balaban J connectivity index is 1.94. The number of methoxy groups -OCH3 is 1. The summed E-state index contributed by atoms with van der Waals surface area (Å²) in [4.78, 5) is 12.4. The van der Waals surface area contributed by atoms with E-state index in [1.54, 1.807) is 20.1 Å². The Labute approximate surface area is 178 Å². The van der Waals surface area contributed by atoms with E-state index < -0.39 is 10.0 Å². The van der Waals surface area contributed by atoms with Crippen LogP contribution in [-0.2, 0) is 14.8 Å². The molecule has 164 valence electrons. The predicted molar refractivity (Wildman–Crippen MR) is 116 cm³/mol. The zero-order chi connectivity index (χ0) is 22.3. The lowest BCUT2D eigenvalue weighted by Gasteiger charge is -2.16. The maximum atomic E-state index is 12.3. The van der Waals surface area contributed by atoms with E-state index >= 15 is 0 Å². The third-order valence-corrected chi connectivity index (χ3v) is 5.91. The van der Waals surface area contributed by atoms with Gasteiger partial charge in [-0.25, -0.2) is 13.1 Å². The highest BCUT2D eigenvalue weighted by Crippen LogP contribution is 2.22. The molecule has 0 aliphatic rings. The third-order valence-electron chi connectivity index (χ3n) is 4.49. The third kappa shape index (κ3) is 6.74. The number of nitrogens with one attached hydrogen (secondary N) is 2. The Morgan fingerprint density at radius 1 is 1.07 bits per heavy atom. The molecule has 8 heteroatoms. The molecule has 2 rings (SSSR count). The molecule has 0 saturated carbocycles. The second-order valence-corrected chi connectivity index (χ2v) is 9.29. The molecule has 30 heavy (non-hydrogen) atoms. The summed E-state index contributed by atoms with van der Waals surface area (Å²) < 4.78 is 38.0. The van der Waals surface area contributed by atoms with Crippen LogP contribution in [0.15, 0.2) is 47.4 Å². The van der Waals surface area contributed by atoms with Crippen LogP contribution in [0.3, 0.4) is 0 Å². The van der Waals surface area contributed by atoms with E-state index in [1.807, 2.05) is 45.0 Å². The Morgan fingerprint density at radius 2 is 1.73 bits per heavy atom. The zero-order valence-electron chi connectivity index (χ0n) is 18.1. The van der Waals surface area contributed by atoms with Crippen LogP contribution in [0.1, 0.15) is 37.9 Å². The van der Waals surface area contributed by atoms with Gasteiger partial charge < -0.3 is 14.8 Å². The number of benzene rings is 2. The number of hydrogen-bond donors (Lipinski definition) is 2. The summed E-state index contributed by atoms with van der Waals surface area (Å²) in [5.41, 5.74) is 1.59. The van der Waals surface area contributed by atoms with Crippen LogP contribution >= 0.6 is 0 Å². The van der Waals surface area contributed by atoms with Gasteiger partial charge in [0.05, 0.1) is 18.0 Å². The molecule has 0 saturated heterocycles. The largest absolute Gasteiger partial charge is 0.497 e. The van der Waals surface area contributed by atoms with Crippen molar-refractivity contribution in [2.45, 2.75) is 38.6 Å². The van der Waals surface area contributed by atoms with Crippen LogP contribution in [0.2, 0.25) is 0 Å². The average Bonchev–Trinajstić information content (AvgIpc) is 2.71. The molecule has 2 N–H and O–H groups in total. The molecule has 2 aromatic carbocycles. The van der Waals surface area contributed by atoms with Gasteiger partial charge in [0.1, 0.15) is 11.5 Å². The standard InChI is InChI=1S/C22H30N2O5S/c1-15(2)13-23-30(26,27)20-10-11-21(16(3)12-20)29-14-22(25)24-17(4)18-6-8-19(28-5)9-7-18/h6-12,15,17,23H,13-14H2,1-5H3,(H,24,25). The number of ether oxygens (including phenoxy) is 2. The lowest BCUT2D eigenvalue weighted by molar-refractivity contribution is -0.123. The fourth-order valence-electron chi connectivity index (χ4n) is 2.71. The number of carbonyl (C=O) groups excluding carboxylic acids is 1. The van der Waals surface area contributed by atoms with E-state index in [-0.39, 0.29) is 29.4 Å². The van der Waals surface area contributed by atoms with Crippen LogP contribution in [0.25, 0.3) is 0 Å². The minimum atomic E-state index is -3.57. The SMILES string of the molecule is COc1ccc(C(C)NC(=O)COc2ccc(S(=O)(=O)NCC(C)C)cc2C)cc1. The fraction of sp³-hybridized carbons (Fsp3) is 0.409. The zero-order valence-corrected chi connectivity index (χ0v) is 18.9. The van der Waals surface area contributed by atoms with Gasteiger partial charge in [-0.15, -0.1) is 0 Å². The number of sulfonamides is 1. The van der Waals surface area contributed by atoms with E-state index in [2.05, 4.69) is 10.0 Å². The van der Waals surface area contributed by atoms with E-state index in [0.29, 0.717) is 17.9 Å². The van der Waals surface area contributed by atoms with Gasteiger partial charge >= 0.3 is 0 Å². The number of aryl methyl sites for hydroxylation is 1. The Hall–Kier alpha value is -2.58. The molecule has 0 bridgehead atoms. The van der Waals surface area contributed by atoms with Gasteiger partial charge in [-0.2, -0.15) is 0 Å². The Bertz CT molecular complexity index is 956. The molecule has 0 spiro atoms. The van der Waals surface area contributed by atoms with Crippen molar-refractivity contribution in [1.82, 2.24) is 10.0 Å². The molecule has 2 aromatic rings. The Kier molecular flexibility index (Phi) is 8.25. The highest BCUT2D eigenvalue weighted by molar-refractivity contribution is 7.89. The lowest BCUT2D eigenvalue weighted by atomic mass is 10.1. The molecule has 0 heterocycles. The first-order chi connectivity index (χ1) is 14.1. The summed E-state index contributed by atoms with van der Waals surface area (Å²) in [7, 11) is -1.97. The smallest absolute Gasteiger partial charge is 0.258 e. The highest BCUT2D eigenvalue weighted by Gasteiger charge is 2.16. The summed E-state index contributed by atoms with van der Waals surface area (Å²) in [5.74, 6) is 1.15. The van der Waals surface area contributed by atoms with E-state index in [0.717, 1.165) is 11.3 Å². The Morgan fingerprint density at radius 3 is 2.30 bits per heavy atom. The molecule has 1 atom stereocenters. The van der Waals surface area contributed by atoms with E-state index in [9.17, 15) is 13.2 Å². The van der Waals surface area contributed by atoms with Gasteiger partial charge in [-0.3, -0.25) is 4.79 Å². The summed E-state index contributed by atoms with van der Waals surface area (Å²) in [6, 6.07) is 11.8. The van der Waals surface area contributed by atoms with Gasteiger partial charge in [0.15, 0.2) is 6.61 Å². The topological polar surface area (TPSA) is 93.7 Å². The van der Waals surface area contributed by atoms with Crippen molar-refractivity contribution in [2.75, 3.05) is 20.3 Å². The van der Waals surface area contributed by atoms with Crippen LogP contribution in [0.5, 0.6) is 11.5 Å². The number of hydrogen-bond acceptors (Lipinski definition) is 5. The fourth-order valence-corrected chi connectivity index (χ4v) is 4.01. The molecule has 0 aliphatic carbocycles. The maximum absolute atomic E-state index is 12.3. The molecular weight excluding hydrogens is 404 g/mol. The van der Waals surface area contributed by atoms with Crippen molar-refractivity contribution in [2.24, 2.45) is 5.92 Å². The quantitative estimate of drug-likeness (QED) is 0.599. The summed E-state index contributed by atoms with van der Waals surface area (Å²) in [6.45, 7) is 7.70. The van der Waals surface area contributed by atoms with E-state index in [4.69, 9.17) is 9.47 Å². The minimum absolute atomic E-state index is 0.168. The van der Waals surface area contributed by atoms with Crippen LogP contribution < -0.4 is 19.5 Å². The van der Waals surface area contributed by atoms with Gasteiger partial charge in [-0.05, 0) is 61.2 Å².